The van der Waals surface area contributed by atoms with Gasteiger partial charge in [-0.2, -0.15) is 0 Å². The molecule has 1 aromatic heterocycles. The summed E-state index contributed by atoms with van der Waals surface area (Å²) in [5.41, 5.74) is 5.25. The maximum absolute atomic E-state index is 3.63. The van der Waals surface area contributed by atoms with E-state index >= 15 is 0 Å². The molecular formula is C15H18BrNS. The third kappa shape index (κ3) is 2.68. The van der Waals surface area contributed by atoms with E-state index in [0.29, 0.717) is 0 Å². The summed E-state index contributed by atoms with van der Waals surface area (Å²) in [7, 11) is 2.02. The van der Waals surface area contributed by atoms with E-state index in [2.05, 4.69) is 65.6 Å². The molecule has 1 heterocycles. The molecular weight excluding hydrogens is 306 g/mol. The van der Waals surface area contributed by atoms with Gasteiger partial charge >= 0.3 is 0 Å². The Hall–Kier alpha value is -0.640. The normalized spacial score (nSPS) is 12.7. The Kier molecular flexibility index (Phi) is 4.25. The zero-order valence-electron chi connectivity index (χ0n) is 11.2. The van der Waals surface area contributed by atoms with E-state index in [9.17, 15) is 0 Å². The molecule has 0 spiro atoms. The van der Waals surface area contributed by atoms with Crippen LogP contribution in [0.3, 0.4) is 0 Å². The van der Waals surface area contributed by atoms with E-state index in [1.54, 1.807) is 11.3 Å². The summed E-state index contributed by atoms with van der Waals surface area (Å²) in [6.45, 7) is 6.44. The number of hydrogen-bond donors (Lipinski definition) is 1. The summed E-state index contributed by atoms with van der Waals surface area (Å²) >= 11 is 5.43. The van der Waals surface area contributed by atoms with Crippen LogP contribution in [0.1, 0.15) is 33.2 Å². The molecule has 0 saturated heterocycles. The van der Waals surface area contributed by atoms with Crippen LogP contribution in [0, 0.1) is 20.8 Å². The number of halogens is 1. The third-order valence-corrected chi connectivity index (χ3v) is 5.30. The van der Waals surface area contributed by atoms with Crippen molar-refractivity contribution in [3.05, 3.63) is 55.2 Å². The van der Waals surface area contributed by atoms with Crippen LogP contribution >= 0.6 is 27.3 Å². The second kappa shape index (κ2) is 5.55. The van der Waals surface area contributed by atoms with Crippen molar-refractivity contribution in [2.24, 2.45) is 0 Å². The van der Waals surface area contributed by atoms with Gasteiger partial charge in [0.15, 0.2) is 0 Å². The van der Waals surface area contributed by atoms with Gasteiger partial charge in [-0.15, -0.1) is 11.3 Å². The maximum atomic E-state index is 3.63. The van der Waals surface area contributed by atoms with Gasteiger partial charge in [0, 0.05) is 9.35 Å². The molecule has 1 nitrogen and oxygen atoms in total. The molecule has 2 aromatic rings. The molecule has 0 amide bonds. The minimum Gasteiger partial charge on any atom is -0.309 e. The molecule has 0 saturated carbocycles. The maximum Gasteiger partial charge on any atom is 0.0582 e. The fourth-order valence-electron chi connectivity index (χ4n) is 2.29. The van der Waals surface area contributed by atoms with Crippen molar-refractivity contribution in [1.82, 2.24) is 5.32 Å². The largest absolute Gasteiger partial charge is 0.309 e. The smallest absolute Gasteiger partial charge is 0.0582 e. The Balaban J connectivity index is 2.45. The van der Waals surface area contributed by atoms with Gasteiger partial charge in [-0.05, 0) is 61.5 Å². The molecule has 3 heteroatoms. The first-order valence-corrected chi connectivity index (χ1v) is 7.69. The highest BCUT2D eigenvalue weighted by Crippen LogP contribution is 2.30. The number of thiophene rings is 1. The first-order chi connectivity index (χ1) is 8.52. The second-order valence-corrected chi connectivity index (χ2v) is 6.59. The fourth-order valence-corrected chi connectivity index (χ4v) is 3.25. The SMILES string of the molecule is CNC(c1csc(C)c1)c1cc(C)c(Br)c(C)c1. The van der Waals surface area contributed by atoms with Gasteiger partial charge in [-0.25, -0.2) is 0 Å². The van der Waals surface area contributed by atoms with Crippen LogP contribution in [0.25, 0.3) is 0 Å². The summed E-state index contributed by atoms with van der Waals surface area (Å²) in [5, 5.41) is 5.65. The Labute approximate surface area is 121 Å². The minimum atomic E-state index is 0.278. The quantitative estimate of drug-likeness (QED) is 0.859. The predicted octanol–water partition coefficient (Wildman–Crippen LogP) is 4.74. The molecule has 18 heavy (non-hydrogen) atoms. The first-order valence-electron chi connectivity index (χ1n) is 6.02. The van der Waals surface area contributed by atoms with E-state index in [1.807, 2.05) is 7.05 Å². The molecule has 1 N–H and O–H groups in total. The first kappa shape index (κ1) is 13.8. The molecule has 1 atom stereocenters. The van der Waals surface area contributed by atoms with Crippen molar-refractivity contribution in [2.75, 3.05) is 7.05 Å². The molecule has 0 aliphatic heterocycles. The minimum absolute atomic E-state index is 0.278. The van der Waals surface area contributed by atoms with Crippen LogP contribution in [-0.4, -0.2) is 7.05 Å². The van der Waals surface area contributed by atoms with Crippen LogP contribution in [0.2, 0.25) is 0 Å². The lowest BCUT2D eigenvalue weighted by atomic mass is 9.97. The molecule has 1 unspecified atom stereocenters. The van der Waals surface area contributed by atoms with Crippen LogP contribution in [0.15, 0.2) is 28.1 Å². The molecule has 96 valence electrons. The highest BCUT2D eigenvalue weighted by molar-refractivity contribution is 9.10. The summed E-state index contributed by atoms with van der Waals surface area (Å²) in [4.78, 5) is 1.36. The van der Waals surface area contributed by atoms with E-state index in [-0.39, 0.29) is 6.04 Å². The zero-order valence-corrected chi connectivity index (χ0v) is 13.6. The van der Waals surface area contributed by atoms with Crippen molar-refractivity contribution < 1.29 is 0 Å². The molecule has 2 rings (SSSR count). The van der Waals surface area contributed by atoms with E-state index < -0.39 is 0 Å². The molecule has 0 fully saturated rings. The average Bonchev–Trinajstić information content (AvgIpc) is 2.73. The lowest BCUT2D eigenvalue weighted by Gasteiger charge is -2.18. The van der Waals surface area contributed by atoms with E-state index in [1.165, 1.54) is 31.6 Å². The van der Waals surface area contributed by atoms with Gasteiger partial charge < -0.3 is 5.32 Å². The average molecular weight is 324 g/mol. The van der Waals surface area contributed by atoms with Crippen LogP contribution < -0.4 is 5.32 Å². The van der Waals surface area contributed by atoms with Crippen LogP contribution in [-0.2, 0) is 0 Å². The number of hydrogen-bond acceptors (Lipinski definition) is 2. The summed E-state index contributed by atoms with van der Waals surface area (Å²) in [6, 6.07) is 7.05. The van der Waals surface area contributed by atoms with Gasteiger partial charge in [-0.3, -0.25) is 0 Å². The van der Waals surface area contributed by atoms with Crippen molar-refractivity contribution in [2.45, 2.75) is 26.8 Å². The highest BCUT2D eigenvalue weighted by Gasteiger charge is 2.15. The molecule has 0 bridgehead atoms. The molecule has 1 aromatic carbocycles. The topological polar surface area (TPSA) is 12.0 Å². The molecule has 0 aliphatic rings. The van der Waals surface area contributed by atoms with Gasteiger partial charge in [0.05, 0.1) is 6.04 Å². The monoisotopic (exact) mass is 323 g/mol. The second-order valence-electron chi connectivity index (χ2n) is 4.68. The number of rotatable bonds is 3. The summed E-state index contributed by atoms with van der Waals surface area (Å²) < 4.78 is 1.21. The Morgan fingerprint density at radius 1 is 1.06 bits per heavy atom. The molecule has 0 aliphatic carbocycles. The molecule has 0 radical (unpaired) electrons. The van der Waals surface area contributed by atoms with Crippen molar-refractivity contribution in [3.63, 3.8) is 0 Å². The number of benzene rings is 1. The highest BCUT2D eigenvalue weighted by atomic mass is 79.9. The van der Waals surface area contributed by atoms with Gasteiger partial charge in [0.25, 0.3) is 0 Å². The predicted molar refractivity (Wildman–Crippen MR) is 83.6 cm³/mol. The Morgan fingerprint density at radius 3 is 2.11 bits per heavy atom. The standard InChI is InChI=1S/C15H18BrNS/c1-9-5-12(6-10(2)14(9)16)15(17-4)13-7-11(3)18-8-13/h5-8,15,17H,1-4H3. The Bertz CT molecular complexity index is 536. The van der Waals surface area contributed by atoms with Crippen molar-refractivity contribution in [1.29, 1.82) is 0 Å². The Morgan fingerprint density at radius 2 is 1.67 bits per heavy atom. The lowest BCUT2D eigenvalue weighted by Crippen LogP contribution is -2.17. The van der Waals surface area contributed by atoms with Crippen LogP contribution in [0.5, 0.6) is 0 Å². The van der Waals surface area contributed by atoms with Gasteiger partial charge in [0.1, 0.15) is 0 Å². The van der Waals surface area contributed by atoms with E-state index in [4.69, 9.17) is 0 Å². The fraction of sp³-hybridized carbons (Fsp3) is 0.333. The van der Waals surface area contributed by atoms with Gasteiger partial charge in [0.2, 0.25) is 0 Å². The summed E-state index contributed by atoms with van der Waals surface area (Å²) in [6.07, 6.45) is 0. The number of aryl methyl sites for hydroxylation is 3. The summed E-state index contributed by atoms with van der Waals surface area (Å²) in [5.74, 6) is 0. The van der Waals surface area contributed by atoms with E-state index in [0.717, 1.165) is 0 Å². The van der Waals surface area contributed by atoms with Crippen LogP contribution in [0.4, 0.5) is 0 Å². The third-order valence-electron chi connectivity index (χ3n) is 3.16. The van der Waals surface area contributed by atoms with Crippen molar-refractivity contribution in [3.8, 4) is 0 Å². The van der Waals surface area contributed by atoms with Gasteiger partial charge in [-0.1, -0.05) is 28.1 Å². The number of nitrogens with one attached hydrogen (secondary N) is 1. The van der Waals surface area contributed by atoms with Crippen molar-refractivity contribution >= 4 is 27.3 Å². The lowest BCUT2D eigenvalue weighted by molar-refractivity contribution is 0.692. The zero-order chi connectivity index (χ0) is 13.3.